The molecule has 0 saturated heterocycles. The molecule has 0 aliphatic carbocycles. The smallest absolute Gasteiger partial charge is 0.354 e. The molecular formula is C14H10CrN2O8. The zero-order chi connectivity index (χ0) is 18.3. The number of hydrogen-bond acceptors (Lipinski definition) is 6. The normalized spacial score (nSPS) is 8.96. The van der Waals surface area contributed by atoms with Crippen molar-refractivity contribution in [2.24, 2.45) is 0 Å². The van der Waals surface area contributed by atoms with E-state index in [4.69, 9.17) is 20.4 Å². The number of carbonyl (C=O) groups is 4. The number of carboxylic acids is 4. The quantitative estimate of drug-likeness (QED) is 0.592. The summed E-state index contributed by atoms with van der Waals surface area (Å²) in [5.74, 6) is -4.95. The predicted molar refractivity (Wildman–Crippen MR) is 76.3 cm³/mol. The maximum Gasteiger partial charge on any atom is 0.354 e. The Balaban J connectivity index is 0.000000443. The number of nitrogens with zero attached hydrogens (tertiary/aromatic N) is 2. The van der Waals surface area contributed by atoms with E-state index in [0.717, 1.165) is 0 Å². The Labute approximate surface area is 150 Å². The third-order valence-corrected chi connectivity index (χ3v) is 2.37. The minimum absolute atomic E-state index is 0. The maximum absolute atomic E-state index is 10.3. The zero-order valence-corrected chi connectivity index (χ0v) is 13.5. The molecule has 2 heterocycles. The molecule has 0 aromatic carbocycles. The molecule has 0 aliphatic heterocycles. The van der Waals surface area contributed by atoms with Gasteiger partial charge in [-0.15, -0.1) is 0 Å². The Morgan fingerprint density at radius 2 is 0.760 bits per heavy atom. The molecule has 0 fully saturated rings. The van der Waals surface area contributed by atoms with E-state index in [2.05, 4.69) is 9.97 Å². The molecule has 0 bridgehead atoms. The van der Waals surface area contributed by atoms with Crippen LogP contribution in [0, 0.1) is 0 Å². The van der Waals surface area contributed by atoms with E-state index < -0.39 is 23.9 Å². The van der Waals surface area contributed by atoms with Gasteiger partial charge in [0.25, 0.3) is 0 Å². The van der Waals surface area contributed by atoms with Crippen molar-refractivity contribution in [3.63, 3.8) is 0 Å². The zero-order valence-electron chi connectivity index (χ0n) is 12.2. The van der Waals surface area contributed by atoms with Crippen LogP contribution in [-0.2, 0) is 17.4 Å². The average molecular weight is 386 g/mol. The second kappa shape index (κ2) is 9.76. The minimum Gasteiger partial charge on any atom is -0.477 e. The third-order valence-electron chi connectivity index (χ3n) is 2.37. The van der Waals surface area contributed by atoms with Crippen molar-refractivity contribution in [3.05, 3.63) is 59.2 Å². The first-order valence-electron chi connectivity index (χ1n) is 6.09. The Bertz CT molecular complexity index is 683. The summed E-state index contributed by atoms with van der Waals surface area (Å²) in [4.78, 5) is 48.0. The van der Waals surface area contributed by atoms with Crippen molar-refractivity contribution in [3.8, 4) is 0 Å². The number of rotatable bonds is 4. The largest absolute Gasteiger partial charge is 0.477 e. The summed E-state index contributed by atoms with van der Waals surface area (Å²) < 4.78 is 0. The van der Waals surface area contributed by atoms with E-state index in [1.54, 1.807) is 0 Å². The van der Waals surface area contributed by atoms with Gasteiger partial charge in [-0.1, -0.05) is 12.1 Å². The van der Waals surface area contributed by atoms with E-state index in [0.29, 0.717) is 0 Å². The van der Waals surface area contributed by atoms with Crippen LogP contribution in [0.15, 0.2) is 36.4 Å². The van der Waals surface area contributed by atoms with Crippen LogP contribution in [0.3, 0.4) is 0 Å². The standard InChI is InChI=1S/2C7H5NO4.Cr/c2*9-6(10)4-2-1-3-5(8-4)7(11)12;/h2*1-3H,(H,9,10)(H,11,12);. The van der Waals surface area contributed by atoms with Crippen LogP contribution in [0.25, 0.3) is 0 Å². The molecule has 2 aromatic rings. The molecule has 0 radical (unpaired) electrons. The average Bonchev–Trinajstić information content (AvgIpc) is 2.55. The van der Waals surface area contributed by atoms with Gasteiger partial charge in [-0.3, -0.25) is 0 Å². The molecule has 0 atom stereocenters. The van der Waals surface area contributed by atoms with Crippen LogP contribution in [0.5, 0.6) is 0 Å². The Morgan fingerprint density at radius 1 is 0.560 bits per heavy atom. The molecule has 10 nitrogen and oxygen atoms in total. The Morgan fingerprint density at radius 3 is 0.920 bits per heavy atom. The fourth-order valence-electron chi connectivity index (χ4n) is 1.35. The van der Waals surface area contributed by atoms with Gasteiger partial charge in [0.1, 0.15) is 22.8 Å². The van der Waals surface area contributed by atoms with Crippen LogP contribution in [0.2, 0.25) is 0 Å². The summed E-state index contributed by atoms with van der Waals surface area (Å²) in [5.41, 5.74) is -1.07. The summed E-state index contributed by atoms with van der Waals surface area (Å²) in [6.07, 6.45) is 0. The van der Waals surface area contributed by atoms with Crippen molar-refractivity contribution in [2.75, 3.05) is 0 Å². The van der Waals surface area contributed by atoms with Gasteiger partial charge in [0.05, 0.1) is 0 Å². The molecule has 4 N–H and O–H groups in total. The van der Waals surface area contributed by atoms with Gasteiger partial charge in [0.15, 0.2) is 0 Å². The third kappa shape index (κ3) is 6.78. The van der Waals surface area contributed by atoms with Gasteiger partial charge in [-0.2, -0.15) is 0 Å². The fraction of sp³-hybridized carbons (Fsp3) is 0. The summed E-state index contributed by atoms with van der Waals surface area (Å²) in [7, 11) is 0. The molecule has 0 amide bonds. The first kappa shape index (κ1) is 21.7. The summed E-state index contributed by atoms with van der Waals surface area (Å²) in [5, 5.41) is 33.7. The monoisotopic (exact) mass is 386 g/mol. The van der Waals surface area contributed by atoms with Crippen molar-refractivity contribution in [2.45, 2.75) is 0 Å². The number of hydrogen-bond donors (Lipinski definition) is 4. The number of carboxylic acid groups (broad SMARTS) is 4. The minimum atomic E-state index is -1.24. The molecule has 25 heavy (non-hydrogen) atoms. The molecule has 2 aromatic heterocycles. The van der Waals surface area contributed by atoms with Crippen molar-refractivity contribution >= 4 is 23.9 Å². The molecular weight excluding hydrogens is 376 g/mol. The summed E-state index contributed by atoms with van der Waals surface area (Å²) in [6, 6.07) is 7.59. The van der Waals surface area contributed by atoms with Gasteiger partial charge in [-0.25, -0.2) is 29.1 Å². The van der Waals surface area contributed by atoms with E-state index in [1.807, 2.05) is 0 Å². The number of aromatic nitrogens is 2. The van der Waals surface area contributed by atoms with Crippen LogP contribution in [0.1, 0.15) is 42.0 Å². The van der Waals surface area contributed by atoms with Gasteiger partial charge in [0.2, 0.25) is 0 Å². The van der Waals surface area contributed by atoms with Gasteiger partial charge in [-0.05, 0) is 24.3 Å². The topological polar surface area (TPSA) is 175 Å². The van der Waals surface area contributed by atoms with Crippen molar-refractivity contribution < 1.29 is 57.0 Å². The molecule has 2 rings (SSSR count). The number of aromatic carboxylic acids is 4. The summed E-state index contributed by atoms with van der Waals surface area (Å²) >= 11 is 0. The van der Waals surface area contributed by atoms with E-state index >= 15 is 0 Å². The molecule has 0 unspecified atom stereocenters. The van der Waals surface area contributed by atoms with Crippen LogP contribution in [0.4, 0.5) is 0 Å². The fourth-order valence-corrected chi connectivity index (χ4v) is 1.35. The number of pyridine rings is 2. The summed E-state index contributed by atoms with van der Waals surface area (Å²) in [6.45, 7) is 0. The van der Waals surface area contributed by atoms with Gasteiger partial charge < -0.3 is 20.4 Å². The molecule has 0 aliphatic rings. The second-order valence-electron chi connectivity index (χ2n) is 4.04. The molecule has 130 valence electrons. The predicted octanol–water partition coefficient (Wildman–Crippen LogP) is 0.954. The molecule has 0 spiro atoms. The first-order valence-corrected chi connectivity index (χ1v) is 6.09. The first-order chi connectivity index (χ1) is 11.2. The van der Waals surface area contributed by atoms with Crippen molar-refractivity contribution in [1.82, 2.24) is 9.97 Å². The van der Waals surface area contributed by atoms with E-state index in [1.165, 1.54) is 36.4 Å². The van der Waals surface area contributed by atoms with Gasteiger partial charge >= 0.3 is 23.9 Å². The maximum atomic E-state index is 10.3. The second-order valence-corrected chi connectivity index (χ2v) is 4.04. The van der Waals surface area contributed by atoms with Crippen LogP contribution in [-0.4, -0.2) is 54.3 Å². The Kier molecular flexibility index (Phi) is 8.48. The van der Waals surface area contributed by atoms with Crippen molar-refractivity contribution in [1.29, 1.82) is 0 Å². The molecule has 0 saturated carbocycles. The molecule has 11 heteroatoms. The van der Waals surface area contributed by atoms with Crippen LogP contribution >= 0.6 is 0 Å². The van der Waals surface area contributed by atoms with Gasteiger partial charge in [0, 0.05) is 17.4 Å². The van der Waals surface area contributed by atoms with E-state index in [-0.39, 0.29) is 40.1 Å². The van der Waals surface area contributed by atoms with E-state index in [9.17, 15) is 19.2 Å². The van der Waals surface area contributed by atoms with Crippen LogP contribution < -0.4 is 0 Å². The Hall–Kier alpha value is -3.29. The SMILES string of the molecule is O=C(O)c1cccc(C(=O)O)n1.O=C(O)c1cccc(C(=O)O)n1.[Cr].